The molecule has 2 fully saturated rings. The third kappa shape index (κ3) is 2.96. The normalized spacial score (nSPS) is 27.3. The van der Waals surface area contributed by atoms with Crippen LogP contribution in [0.4, 0.5) is 0 Å². The second kappa shape index (κ2) is 5.94. The van der Waals surface area contributed by atoms with Gasteiger partial charge in [0.05, 0.1) is 26.0 Å². The van der Waals surface area contributed by atoms with E-state index in [2.05, 4.69) is 21.2 Å². The van der Waals surface area contributed by atoms with E-state index in [9.17, 15) is 0 Å². The van der Waals surface area contributed by atoms with E-state index >= 15 is 0 Å². The maximum absolute atomic E-state index is 5.96. The maximum Gasteiger partial charge on any atom is 0.213 e. The van der Waals surface area contributed by atoms with Crippen LogP contribution in [0.25, 0.3) is 0 Å². The Morgan fingerprint density at radius 3 is 3.17 bits per heavy atom. The van der Waals surface area contributed by atoms with Gasteiger partial charge in [0.1, 0.15) is 0 Å². The van der Waals surface area contributed by atoms with E-state index in [0.717, 1.165) is 32.8 Å². The summed E-state index contributed by atoms with van der Waals surface area (Å²) in [7, 11) is 1.96. The molecule has 0 amide bonds. The van der Waals surface area contributed by atoms with Gasteiger partial charge in [-0.2, -0.15) is 5.10 Å². The van der Waals surface area contributed by atoms with Crippen LogP contribution in [0.1, 0.15) is 5.56 Å². The van der Waals surface area contributed by atoms with Crippen molar-refractivity contribution in [2.45, 2.75) is 6.54 Å². The molecule has 2 saturated heterocycles. The lowest BCUT2D eigenvalue weighted by Gasteiger charge is -2.26. The molecule has 0 N–H and O–H groups in total. The zero-order valence-electron chi connectivity index (χ0n) is 13.4. The Morgan fingerprint density at radius 1 is 1.43 bits per heavy atom. The van der Waals surface area contributed by atoms with Gasteiger partial charge in [0.25, 0.3) is 0 Å². The van der Waals surface area contributed by atoms with Gasteiger partial charge >= 0.3 is 0 Å². The fraction of sp³-hybridized carbons (Fsp3) is 0.529. The molecule has 0 bridgehead atoms. The highest BCUT2D eigenvalue weighted by molar-refractivity contribution is 5.11. The minimum atomic E-state index is 0.0831. The van der Waals surface area contributed by atoms with Crippen molar-refractivity contribution < 1.29 is 9.47 Å². The molecule has 0 radical (unpaired) electrons. The number of rotatable bonds is 5. The van der Waals surface area contributed by atoms with Crippen LogP contribution in [0.3, 0.4) is 0 Å². The number of fused-ring (bicyclic) bond motifs is 1. The summed E-state index contributed by atoms with van der Waals surface area (Å²) >= 11 is 0. The quantitative estimate of drug-likeness (QED) is 0.834. The monoisotopic (exact) mass is 314 g/mol. The van der Waals surface area contributed by atoms with Gasteiger partial charge in [-0.3, -0.25) is 9.58 Å². The van der Waals surface area contributed by atoms with Crippen molar-refractivity contribution in [3.63, 3.8) is 0 Å². The van der Waals surface area contributed by atoms with Crippen LogP contribution in [0.15, 0.2) is 36.8 Å². The summed E-state index contributed by atoms with van der Waals surface area (Å²) < 4.78 is 13.6. The SMILES string of the molecule is Cn1cc(CN2C[C@H]3COC[C@@]3(COc3ccccn3)C2)cn1. The average Bonchev–Trinajstić information content (AvgIpc) is 3.21. The molecule has 2 aliphatic rings. The minimum Gasteiger partial charge on any atom is -0.477 e. The topological polar surface area (TPSA) is 52.4 Å². The van der Waals surface area contributed by atoms with E-state index in [1.165, 1.54) is 5.56 Å². The van der Waals surface area contributed by atoms with Crippen LogP contribution in [0.2, 0.25) is 0 Å². The van der Waals surface area contributed by atoms with Gasteiger partial charge in [-0.1, -0.05) is 6.07 Å². The van der Waals surface area contributed by atoms with Crippen molar-refractivity contribution in [1.82, 2.24) is 19.7 Å². The third-order valence-corrected chi connectivity index (χ3v) is 4.90. The van der Waals surface area contributed by atoms with Gasteiger partial charge in [0.15, 0.2) is 0 Å². The Morgan fingerprint density at radius 2 is 2.39 bits per heavy atom. The zero-order valence-corrected chi connectivity index (χ0v) is 13.4. The number of hydrogen-bond acceptors (Lipinski definition) is 5. The van der Waals surface area contributed by atoms with E-state index < -0.39 is 0 Å². The number of likely N-dealkylation sites (tertiary alicyclic amines) is 1. The molecule has 0 aliphatic carbocycles. The van der Waals surface area contributed by atoms with Crippen LogP contribution in [-0.2, 0) is 18.3 Å². The number of aromatic nitrogens is 3. The number of aryl methyl sites for hydroxylation is 1. The van der Waals surface area contributed by atoms with Crippen molar-refractivity contribution in [1.29, 1.82) is 0 Å². The molecular weight excluding hydrogens is 292 g/mol. The molecule has 23 heavy (non-hydrogen) atoms. The van der Waals surface area contributed by atoms with Gasteiger partial charge in [-0.15, -0.1) is 0 Å². The van der Waals surface area contributed by atoms with E-state index in [0.29, 0.717) is 18.4 Å². The molecule has 0 saturated carbocycles. The standard InChI is InChI=1S/C17H22N4O2/c1-20-7-14(6-19-20)8-21-9-15-10-22-12-17(15,11-21)13-23-16-4-2-3-5-18-16/h2-7,15H,8-13H2,1H3/t15-,17+/m0/s1. The average molecular weight is 314 g/mol. The first-order chi connectivity index (χ1) is 11.2. The van der Waals surface area contributed by atoms with E-state index in [1.54, 1.807) is 6.20 Å². The van der Waals surface area contributed by atoms with Gasteiger partial charge in [-0.25, -0.2) is 4.98 Å². The van der Waals surface area contributed by atoms with Crippen LogP contribution < -0.4 is 4.74 Å². The Bertz CT molecular complexity index is 660. The summed E-state index contributed by atoms with van der Waals surface area (Å²) in [6.07, 6.45) is 5.79. The number of nitrogens with zero attached hydrogens (tertiary/aromatic N) is 4. The predicted molar refractivity (Wildman–Crippen MR) is 85.0 cm³/mol. The van der Waals surface area contributed by atoms with Crippen LogP contribution in [-0.4, -0.2) is 52.6 Å². The highest BCUT2D eigenvalue weighted by atomic mass is 16.5. The summed E-state index contributed by atoms with van der Waals surface area (Å²) in [5.74, 6) is 1.22. The number of ether oxygens (including phenoxy) is 2. The summed E-state index contributed by atoms with van der Waals surface area (Å²) in [4.78, 5) is 6.74. The lowest BCUT2D eigenvalue weighted by Crippen LogP contribution is -2.37. The fourth-order valence-electron chi connectivity index (χ4n) is 3.73. The summed E-state index contributed by atoms with van der Waals surface area (Å²) in [6, 6.07) is 5.76. The van der Waals surface area contributed by atoms with E-state index in [1.807, 2.05) is 36.1 Å². The maximum atomic E-state index is 5.96. The molecule has 0 spiro atoms. The van der Waals surface area contributed by atoms with Crippen molar-refractivity contribution in [3.8, 4) is 5.88 Å². The number of pyridine rings is 1. The molecule has 6 heteroatoms. The zero-order chi connectivity index (χ0) is 15.7. The van der Waals surface area contributed by atoms with Crippen molar-refractivity contribution in [3.05, 3.63) is 42.4 Å². The van der Waals surface area contributed by atoms with Crippen molar-refractivity contribution in [2.24, 2.45) is 18.4 Å². The Balaban J connectivity index is 1.42. The summed E-state index contributed by atoms with van der Waals surface area (Å²) in [6.45, 7) is 5.26. The first kappa shape index (κ1) is 14.7. The molecule has 4 rings (SSSR count). The highest BCUT2D eigenvalue weighted by Crippen LogP contribution is 2.42. The third-order valence-electron chi connectivity index (χ3n) is 4.90. The summed E-state index contributed by atoms with van der Waals surface area (Å²) in [5.41, 5.74) is 1.34. The first-order valence-electron chi connectivity index (χ1n) is 8.05. The molecule has 122 valence electrons. The van der Waals surface area contributed by atoms with Gasteiger partial charge in [-0.05, 0) is 6.07 Å². The lowest BCUT2D eigenvalue weighted by atomic mass is 9.82. The number of hydrogen-bond donors (Lipinski definition) is 0. The molecule has 0 aromatic carbocycles. The molecule has 4 heterocycles. The van der Waals surface area contributed by atoms with Gasteiger partial charge in [0, 0.05) is 62.0 Å². The fourth-order valence-corrected chi connectivity index (χ4v) is 3.73. The molecular formula is C17H22N4O2. The molecule has 6 nitrogen and oxygen atoms in total. The molecule has 0 unspecified atom stereocenters. The van der Waals surface area contributed by atoms with Crippen LogP contribution in [0, 0.1) is 11.3 Å². The largest absolute Gasteiger partial charge is 0.477 e. The van der Waals surface area contributed by atoms with Crippen molar-refractivity contribution in [2.75, 3.05) is 32.9 Å². The van der Waals surface area contributed by atoms with Crippen LogP contribution >= 0.6 is 0 Å². The second-order valence-corrected chi connectivity index (χ2v) is 6.72. The Kier molecular flexibility index (Phi) is 3.79. The Labute approximate surface area is 136 Å². The minimum absolute atomic E-state index is 0.0831. The smallest absolute Gasteiger partial charge is 0.213 e. The Hall–Kier alpha value is -1.92. The molecule has 2 atom stereocenters. The summed E-state index contributed by atoms with van der Waals surface area (Å²) in [5, 5.41) is 4.26. The van der Waals surface area contributed by atoms with Crippen molar-refractivity contribution >= 4 is 0 Å². The lowest BCUT2D eigenvalue weighted by molar-refractivity contribution is 0.0881. The predicted octanol–water partition coefficient (Wildman–Crippen LogP) is 1.34. The van der Waals surface area contributed by atoms with Gasteiger partial charge < -0.3 is 9.47 Å². The molecule has 2 aliphatic heterocycles. The van der Waals surface area contributed by atoms with E-state index in [-0.39, 0.29) is 5.41 Å². The molecule has 2 aromatic rings. The highest BCUT2D eigenvalue weighted by Gasteiger charge is 2.51. The first-order valence-corrected chi connectivity index (χ1v) is 8.05. The second-order valence-electron chi connectivity index (χ2n) is 6.72. The van der Waals surface area contributed by atoms with Gasteiger partial charge in [0.2, 0.25) is 5.88 Å². The van der Waals surface area contributed by atoms with Crippen LogP contribution in [0.5, 0.6) is 5.88 Å². The molecule has 2 aromatic heterocycles. The van der Waals surface area contributed by atoms with E-state index in [4.69, 9.17) is 9.47 Å².